The third-order valence-electron chi connectivity index (χ3n) is 5.01. The predicted molar refractivity (Wildman–Crippen MR) is 91.3 cm³/mol. The molecule has 4 unspecified atom stereocenters. The lowest BCUT2D eigenvalue weighted by molar-refractivity contribution is -0.121. The van der Waals surface area contributed by atoms with Crippen LogP contribution in [0.3, 0.4) is 0 Å². The maximum Gasteiger partial charge on any atom is 0.231 e. The van der Waals surface area contributed by atoms with Gasteiger partial charge in [0.25, 0.3) is 0 Å². The van der Waals surface area contributed by atoms with Crippen molar-refractivity contribution in [3.05, 3.63) is 29.3 Å². The van der Waals surface area contributed by atoms with E-state index in [2.05, 4.69) is 15.5 Å². The van der Waals surface area contributed by atoms with Gasteiger partial charge in [-0.2, -0.15) is 0 Å². The molecule has 0 aliphatic heterocycles. The summed E-state index contributed by atoms with van der Waals surface area (Å²) in [5.74, 6) is 0.827. The van der Waals surface area contributed by atoms with Crippen molar-refractivity contribution in [1.82, 2.24) is 10.2 Å². The Morgan fingerprint density at radius 3 is 2.87 bits per heavy atom. The first kappa shape index (κ1) is 15.1. The van der Waals surface area contributed by atoms with Crippen LogP contribution < -0.4 is 11.1 Å². The van der Waals surface area contributed by atoms with Gasteiger partial charge < -0.3 is 11.1 Å². The van der Waals surface area contributed by atoms with Crippen LogP contribution in [0.2, 0.25) is 5.02 Å². The Labute approximate surface area is 143 Å². The van der Waals surface area contributed by atoms with E-state index >= 15 is 0 Å². The van der Waals surface area contributed by atoms with Crippen LogP contribution in [-0.2, 0) is 4.79 Å². The van der Waals surface area contributed by atoms with Crippen LogP contribution in [0.4, 0.5) is 5.13 Å². The highest BCUT2D eigenvalue weighted by Crippen LogP contribution is 2.48. The van der Waals surface area contributed by atoms with Gasteiger partial charge in [0.05, 0.1) is 5.92 Å². The van der Waals surface area contributed by atoms with Crippen molar-refractivity contribution in [2.75, 3.05) is 5.32 Å². The van der Waals surface area contributed by atoms with E-state index in [4.69, 9.17) is 17.3 Å². The quantitative estimate of drug-likeness (QED) is 0.892. The monoisotopic (exact) mass is 348 g/mol. The zero-order valence-corrected chi connectivity index (χ0v) is 14.0. The van der Waals surface area contributed by atoms with Crippen LogP contribution in [0, 0.1) is 17.8 Å². The van der Waals surface area contributed by atoms with Crippen molar-refractivity contribution in [3.63, 3.8) is 0 Å². The topological polar surface area (TPSA) is 80.9 Å². The fraction of sp³-hybridized carbons (Fsp3) is 0.438. The number of halogens is 1. The number of hydrogen-bond acceptors (Lipinski definition) is 5. The molecule has 1 aromatic heterocycles. The van der Waals surface area contributed by atoms with E-state index in [0.717, 1.165) is 29.8 Å². The van der Waals surface area contributed by atoms with Gasteiger partial charge in [-0.3, -0.25) is 4.79 Å². The molecule has 3 N–H and O–H groups in total. The number of carbonyl (C=O) groups is 1. The summed E-state index contributed by atoms with van der Waals surface area (Å²) in [5.41, 5.74) is 7.12. The third-order valence-corrected chi connectivity index (χ3v) is 6.13. The summed E-state index contributed by atoms with van der Waals surface area (Å²) in [6, 6.07) is 7.41. The largest absolute Gasteiger partial charge is 0.327 e. The zero-order chi connectivity index (χ0) is 16.0. The highest BCUT2D eigenvalue weighted by Gasteiger charge is 2.49. The van der Waals surface area contributed by atoms with E-state index in [9.17, 15) is 4.79 Å². The Hall–Kier alpha value is -1.50. The van der Waals surface area contributed by atoms with Gasteiger partial charge in [-0.15, -0.1) is 10.2 Å². The minimum absolute atomic E-state index is 0.0153. The lowest BCUT2D eigenvalue weighted by Crippen LogP contribution is -2.42. The Morgan fingerprint density at radius 1 is 1.30 bits per heavy atom. The van der Waals surface area contributed by atoms with Crippen molar-refractivity contribution >= 4 is 34.0 Å². The highest BCUT2D eigenvalue weighted by molar-refractivity contribution is 7.18. The number of benzene rings is 1. The lowest BCUT2D eigenvalue weighted by atomic mass is 9.84. The van der Waals surface area contributed by atoms with E-state index < -0.39 is 0 Å². The minimum atomic E-state index is -0.0905. The van der Waals surface area contributed by atoms with Gasteiger partial charge in [0.2, 0.25) is 11.0 Å². The molecule has 23 heavy (non-hydrogen) atoms. The fourth-order valence-electron chi connectivity index (χ4n) is 3.93. The van der Waals surface area contributed by atoms with Gasteiger partial charge in [0.15, 0.2) is 0 Å². The Kier molecular flexibility index (Phi) is 3.83. The molecule has 2 saturated carbocycles. The molecule has 0 saturated heterocycles. The molecule has 2 fully saturated rings. The molecular formula is C16H17ClN4OS. The molecule has 2 aromatic rings. The number of hydrogen-bond donors (Lipinski definition) is 2. The molecule has 2 aliphatic carbocycles. The molecule has 1 heterocycles. The smallest absolute Gasteiger partial charge is 0.231 e. The maximum absolute atomic E-state index is 12.5. The number of fused-ring (bicyclic) bond motifs is 2. The Morgan fingerprint density at radius 2 is 2.13 bits per heavy atom. The second-order valence-corrected chi connectivity index (χ2v) is 7.76. The van der Waals surface area contributed by atoms with E-state index in [-0.39, 0.29) is 17.9 Å². The minimum Gasteiger partial charge on any atom is -0.327 e. The molecule has 1 amide bonds. The molecule has 0 radical (unpaired) electrons. The van der Waals surface area contributed by atoms with E-state index in [0.29, 0.717) is 22.0 Å². The first-order valence-corrected chi connectivity index (χ1v) is 8.97. The zero-order valence-electron chi connectivity index (χ0n) is 12.4. The standard InChI is InChI=1S/C16H17ClN4OS/c17-11-3-1-2-10(7-11)15-20-21-16(23-15)19-14(22)12-8-4-5-9(6-8)13(12)18/h1-3,7-9,12-13H,4-6,18H2,(H,19,21,22). The highest BCUT2D eigenvalue weighted by atomic mass is 35.5. The molecule has 4 atom stereocenters. The van der Waals surface area contributed by atoms with Crippen LogP contribution in [0.1, 0.15) is 19.3 Å². The number of anilines is 1. The van der Waals surface area contributed by atoms with Crippen molar-refractivity contribution in [2.45, 2.75) is 25.3 Å². The first-order valence-electron chi connectivity index (χ1n) is 7.77. The first-order chi connectivity index (χ1) is 11.1. The number of rotatable bonds is 3. The Balaban J connectivity index is 1.49. The summed E-state index contributed by atoms with van der Waals surface area (Å²) in [5, 5.41) is 13.0. The second kappa shape index (κ2) is 5.85. The van der Waals surface area contributed by atoms with Gasteiger partial charge in [0.1, 0.15) is 5.01 Å². The van der Waals surface area contributed by atoms with E-state index in [1.165, 1.54) is 11.3 Å². The lowest BCUT2D eigenvalue weighted by Gasteiger charge is -2.26. The summed E-state index contributed by atoms with van der Waals surface area (Å²) < 4.78 is 0. The van der Waals surface area contributed by atoms with Gasteiger partial charge >= 0.3 is 0 Å². The summed E-state index contributed by atoms with van der Waals surface area (Å²) >= 11 is 7.35. The van der Waals surface area contributed by atoms with Crippen LogP contribution in [0.15, 0.2) is 24.3 Å². The van der Waals surface area contributed by atoms with Crippen LogP contribution in [0.25, 0.3) is 10.6 Å². The number of carbonyl (C=O) groups excluding carboxylic acids is 1. The molecule has 7 heteroatoms. The predicted octanol–water partition coefficient (Wildman–Crippen LogP) is 3.17. The van der Waals surface area contributed by atoms with Gasteiger partial charge in [-0.25, -0.2) is 0 Å². The summed E-state index contributed by atoms with van der Waals surface area (Å²) in [7, 11) is 0. The van der Waals surface area contributed by atoms with E-state index in [1.807, 2.05) is 24.3 Å². The van der Waals surface area contributed by atoms with Gasteiger partial charge in [-0.05, 0) is 43.2 Å². The fourth-order valence-corrected chi connectivity index (χ4v) is 4.86. The van der Waals surface area contributed by atoms with Gasteiger partial charge in [0, 0.05) is 16.6 Å². The second-order valence-electron chi connectivity index (χ2n) is 6.35. The van der Waals surface area contributed by atoms with Crippen LogP contribution in [-0.4, -0.2) is 22.1 Å². The average molecular weight is 349 g/mol. The summed E-state index contributed by atoms with van der Waals surface area (Å²) in [6.45, 7) is 0. The van der Waals surface area contributed by atoms with Crippen molar-refractivity contribution in [1.29, 1.82) is 0 Å². The van der Waals surface area contributed by atoms with E-state index in [1.54, 1.807) is 0 Å². The van der Waals surface area contributed by atoms with Gasteiger partial charge in [-0.1, -0.05) is 35.1 Å². The number of nitrogens with zero attached hydrogens (tertiary/aromatic N) is 2. The van der Waals surface area contributed by atoms with Crippen LogP contribution >= 0.6 is 22.9 Å². The number of aromatic nitrogens is 2. The molecule has 120 valence electrons. The molecule has 1 aromatic carbocycles. The summed E-state index contributed by atoms with van der Waals surface area (Å²) in [6.07, 6.45) is 3.36. The van der Waals surface area contributed by atoms with Crippen molar-refractivity contribution < 1.29 is 4.79 Å². The molecule has 2 aliphatic rings. The number of nitrogens with one attached hydrogen (secondary N) is 1. The normalized spacial score (nSPS) is 29.0. The summed E-state index contributed by atoms with van der Waals surface area (Å²) in [4.78, 5) is 12.5. The molecule has 0 spiro atoms. The number of amides is 1. The molecule has 2 bridgehead atoms. The maximum atomic E-state index is 12.5. The third kappa shape index (κ3) is 2.75. The molecule has 4 rings (SSSR count). The van der Waals surface area contributed by atoms with Crippen molar-refractivity contribution in [3.8, 4) is 10.6 Å². The van der Waals surface area contributed by atoms with Crippen LogP contribution in [0.5, 0.6) is 0 Å². The van der Waals surface area contributed by atoms with Crippen molar-refractivity contribution in [2.24, 2.45) is 23.5 Å². The average Bonchev–Trinajstić information content (AvgIpc) is 3.22. The molecule has 5 nitrogen and oxygen atoms in total. The Bertz CT molecular complexity index is 747. The molecular weight excluding hydrogens is 332 g/mol. The SMILES string of the molecule is NC1C2CCC(C2)C1C(=O)Nc1nnc(-c2cccc(Cl)c2)s1. The number of nitrogens with two attached hydrogens (primary N) is 1.